The summed E-state index contributed by atoms with van der Waals surface area (Å²) >= 11 is 2.74. The summed E-state index contributed by atoms with van der Waals surface area (Å²) in [6.07, 6.45) is 2.88. The van der Waals surface area contributed by atoms with Gasteiger partial charge in [0.2, 0.25) is 0 Å². The molecule has 1 aliphatic carbocycles. The Hall–Kier alpha value is -2.19. The molecule has 6 nitrogen and oxygen atoms in total. The predicted molar refractivity (Wildman–Crippen MR) is 93.1 cm³/mol. The number of ether oxygens (including phenoxy) is 1. The number of anilines is 1. The van der Waals surface area contributed by atoms with Crippen LogP contribution in [0.1, 0.15) is 43.3 Å². The van der Waals surface area contributed by atoms with Gasteiger partial charge in [-0.25, -0.2) is 4.79 Å². The van der Waals surface area contributed by atoms with Crippen molar-refractivity contribution in [1.82, 2.24) is 5.32 Å². The Morgan fingerprint density at radius 1 is 1.17 bits per heavy atom. The number of nitrogens with one attached hydrogen (secondary N) is 2. The molecule has 0 bridgehead atoms. The van der Waals surface area contributed by atoms with Crippen molar-refractivity contribution >= 4 is 45.6 Å². The molecule has 1 aliphatic rings. The average Bonchev–Trinajstić information content (AvgIpc) is 3.21. The molecule has 0 radical (unpaired) electrons. The molecule has 2 aromatic rings. The second-order valence-electron chi connectivity index (χ2n) is 5.29. The molecule has 126 valence electrons. The van der Waals surface area contributed by atoms with E-state index in [-0.39, 0.29) is 5.91 Å². The van der Waals surface area contributed by atoms with Gasteiger partial charge in [0.1, 0.15) is 5.00 Å². The summed E-state index contributed by atoms with van der Waals surface area (Å²) in [6.45, 7) is 0. The van der Waals surface area contributed by atoms with Crippen LogP contribution in [0.5, 0.6) is 0 Å². The number of rotatable bonds is 3. The predicted octanol–water partition coefficient (Wildman–Crippen LogP) is 3.44. The molecular weight excluding hydrogens is 348 g/mol. The minimum Gasteiger partial charge on any atom is -0.453 e. The van der Waals surface area contributed by atoms with Gasteiger partial charge in [-0.05, 0) is 42.7 Å². The SMILES string of the molecule is COC(=O)NC(=O)c1c(NC(=O)c2cccs2)sc2c1CCCC2. The Labute approximate surface area is 146 Å². The number of amides is 3. The lowest BCUT2D eigenvalue weighted by Crippen LogP contribution is -2.31. The molecule has 0 aliphatic heterocycles. The lowest BCUT2D eigenvalue weighted by atomic mass is 9.95. The third-order valence-electron chi connectivity index (χ3n) is 3.77. The smallest absolute Gasteiger partial charge is 0.413 e. The van der Waals surface area contributed by atoms with Crippen LogP contribution in [0.25, 0.3) is 0 Å². The van der Waals surface area contributed by atoms with Crippen molar-refractivity contribution < 1.29 is 19.1 Å². The first kappa shape index (κ1) is 16.7. The topological polar surface area (TPSA) is 84.5 Å². The first-order valence-electron chi connectivity index (χ1n) is 7.49. The van der Waals surface area contributed by atoms with Gasteiger partial charge in [-0.1, -0.05) is 6.07 Å². The molecule has 0 aromatic carbocycles. The van der Waals surface area contributed by atoms with Crippen LogP contribution in [0.3, 0.4) is 0 Å². The van der Waals surface area contributed by atoms with Crippen LogP contribution in [-0.4, -0.2) is 25.0 Å². The van der Waals surface area contributed by atoms with Crippen molar-refractivity contribution in [3.05, 3.63) is 38.4 Å². The lowest BCUT2D eigenvalue weighted by molar-refractivity contribution is 0.0937. The summed E-state index contributed by atoms with van der Waals surface area (Å²) in [4.78, 5) is 37.8. The lowest BCUT2D eigenvalue weighted by Gasteiger charge is -2.12. The number of carbonyl (C=O) groups excluding carboxylic acids is 3. The number of aryl methyl sites for hydroxylation is 1. The minimum absolute atomic E-state index is 0.254. The highest BCUT2D eigenvalue weighted by Crippen LogP contribution is 2.38. The number of fused-ring (bicyclic) bond motifs is 1. The van der Waals surface area contributed by atoms with E-state index in [1.54, 1.807) is 12.1 Å². The molecular formula is C16H16N2O4S2. The second-order valence-corrected chi connectivity index (χ2v) is 7.35. The quantitative estimate of drug-likeness (QED) is 0.874. The van der Waals surface area contributed by atoms with E-state index in [0.717, 1.165) is 36.1 Å². The van der Waals surface area contributed by atoms with Gasteiger partial charge < -0.3 is 10.1 Å². The molecule has 24 heavy (non-hydrogen) atoms. The Bertz CT molecular complexity index is 780. The number of methoxy groups -OCH3 is 1. The van der Waals surface area contributed by atoms with E-state index in [1.165, 1.54) is 29.8 Å². The summed E-state index contributed by atoms with van der Waals surface area (Å²) in [5.74, 6) is -0.793. The van der Waals surface area contributed by atoms with Gasteiger partial charge in [-0.15, -0.1) is 22.7 Å². The maximum atomic E-state index is 12.5. The van der Waals surface area contributed by atoms with Crippen molar-refractivity contribution in [3.8, 4) is 0 Å². The van der Waals surface area contributed by atoms with Crippen molar-refractivity contribution in [2.45, 2.75) is 25.7 Å². The van der Waals surface area contributed by atoms with Gasteiger partial charge in [-0.2, -0.15) is 0 Å². The fraction of sp³-hybridized carbons (Fsp3) is 0.312. The third kappa shape index (κ3) is 3.34. The Balaban J connectivity index is 1.92. The molecule has 2 aromatic heterocycles. The van der Waals surface area contributed by atoms with Crippen LogP contribution in [0, 0.1) is 0 Å². The van der Waals surface area contributed by atoms with Gasteiger partial charge in [0.05, 0.1) is 17.6 Å². The standard InChI is InChI=1S/C16H16N2O4S2/c1-22-16(21)18-14(20)12-9-5-2-3-6-10(9)24-15(12)17-13(19)11-7-4-8-23-11/h4,7-8H,2-3,5-6H2,1H3,(H,17,19)(H,18,20,21). The van der Waals surface area contributed by atoms with Crippen LogP contribution >= 0.6 is 22.7 Å². The fourth-order valence-corrected chi connectivity index (χ4v) is 4.57. The van der Waals surface area contributed by atoms with E-state index in [1.807, 2.05) is 5.38 Å². The summed E-state index contributed by atoms with van der Waals surface area (Å²) in [5.41, 5.74) is 1.30. The van der Waals surface area contributed by atoms with Crippen LogP contribution in [0.4, 0.5) is 9.80 Å². The first-order valence-corrected chi connectivity index (χ1v) is 9.18. The number of hydrogen-bond acceptors (Lipinski definition) is 6. The Morgan fingerprint density at radius 3 is 2.67 bits per heavy atom. The summed E-state index contributed by atoms with van der Waals surface area (Å²) in [7, 11) is 1.20. The first-order chi connectivity index (χ1) is 11.6. The zero-order chi connectivity index (χ0) is 17.1. The van der Waals surface area contributed by atoms with Crippen molar-refractivity contribution in [2.24, 2.45) is 0 Å². The van der Waals surface area contributed by atoms with E-state index in [0.29, 0.717) is 15.4 Å². The highest BCUT2D eigenvalue weighted by Gasteiger charge is 2.27. The third-order valence-corrected chi connectivity index (χ3v) is 5.85. The van der Waals surface area contributed by atoms with Gasteiger partial charge >= 0.3 is 6.09 Å². The molecule has 0 fully saturated rings. The maximum absolute atomic E-state index is 12.5. The van der Waals surface area contributed by atoms with E-state index >= 15 is 0 Å². The van der Waals surface area contributed by atoms with Crippen molar-refractivity contribution in [3.63, 3.8) is 0 Å². The van der Waals surface area contributed by atoms with E-state index in [4.69, 9.17) is 0 Å². The molecule has 0 saturated heterocycles. The van der Waals surface area contributed by atoms with E-state index in [2.05, 4.69) is 15.4 Å². The number of alkyl carbamates (subject to hydrolysis) is 1. The summed E-state index contributed by atoms with van der Waals surface area (Å²) in [5, 5.41) is 7.31. The molecule has 0 spiro atoms. The molecule has 3 amide bonds. The molecule has 0 atom stereocenters. The van der Waals surface area contributed by atoms with Gasteiger partial charge in [-0.3, -0.25) is 14.9 Å². The van der Waals surface area contributed by atoms with Crippen LogP contribution < -0.4 is 10.6 Å². The summed E-state index contributed by atoms with van der Waals surface area (Å²) < 4.78 is 4.49. The van der Waals surface area contributed by atoms with Crippen LogP contribution in [-0.2, 0) is 17.6 Å². The second kappa shape index (κ2) is 7.14. The molecule has 2 heterocycles. The number of imide groups is 1. The number of hydrogen-bond donors (Lipinski definition) is 2. The highest BCUT2D eigenvalue weighted by atomic mass is 32.1. The monoisotopic (exact) mass is 364 g/mol. The van der Waals surface area contributed by atoms with Gasteiger partial charge in [0.25, 0.3) is 11.8 Å². The Kier molecular flexibility index (Phi) is 4.96. The molecule has 0 unspecified atom stereocenters. The largest absolute Gasteiger partial charge is 0.453 e. The normalized spacial score (nSPS) is 13.0. The van der Waals surface area contributed by atoms with Crippen molar-refractivity contribution in [2.75, 3.05) is 12.4 Å². The highest BCUT2D eigenvalue weighted by molar-refractivity contribution is 7.17. The maximum Gasteiger partial charge on any atom is 0.413 e. The number of thiophene rings is 2. The zero-order valence-electron chi connectivity index (χ0n) is 13.0. The fourth-order valence-electron chi connectivity index (χ4n) is 2.67. The minimum atomic E-state index is -0.814. The molecule has 0 saturated carbocycles. The van der Waals surface area contributed by atoms with Gasteiger partial charge in [0, 0.05) is 4.88 Å². The molecule has 3 rings (SSSR count). The summed E-state index contributed by atoms with van der Waals surface area (Å²) in [6, 6.07) is 3.52. The number of carbonyl (C=O) groups is 3. The zero-order valence-corrected chi connectivity index (χ0v) is 14.6. The average molecular weight is 364 g/mol. The Morgan fingerprint density at radius 2 is 1.96 bits per heavy atom. The molecule has 2 N–H and O–H groups in total. The molecule has 8 heteroatoms. The van der Waals surface area contributed by atoms with Crippen LogP contribution in [0.2, 0.25) is 0 Å². The van der Waals surface area contributed by atoms with E-state index in [9.17, 15) is 14.4 Å². The van der Waals surface area contributed by atoms with Gasteiger partial charge in [0.15, 0.2) is 0 Å². The van der Waals surface area contributed by atoms with Crippen LogP contribution in [0.15, 0.2) is 17.5 Å². The van der Waals surface area contributed by atoms with Crippen molar-refractivity contribution in [1.29, 1.82) is 0 Å². The van der Waals surface area contributed by atoms with E-state index < -0.39 is 12.0 Å².